The molecular weight excluding hydrogens is 328 g/mol. The zero-order chi connectivity index (χ0) is 18.4. The van der Waals surface area contributed by atoms with E-state index in [9.17, 15) is 4.79 Å². The van der Waals surface area contributed by atoms with Gasteiger partial charge in [-0.25, -0.2) is 0 Å². The SMILES string of the molecule is CCCc1noc(CCCC(=O)N2CCN(c3cccc(C)c3)CC2)n1. The molecule has 1 aromatic carbocycles. The van der Waals surface area contributed by atoms with Crippen LogP contribution in [-0.2, 0) is 17.6 Å². The summed E-state index contributed by atoms with van der Waals surface area (Å²) in [5.74, 6) is 1.63. The van der Waals surface area contributed by atoms with Crippen molar-refractivity contribution in [2.24, 2.45) is 0 Å². The van der Waals surface area contributed by atoms with Crippen molar-refractivity contribution in [1.82, 2.24) is 15.0 Å². The van der Waals surface area contributed by atoms with Gasteiger partial charge in [0.05, 0.1) is 0 Å². The Bertz CT molecular complexity index is 720. The van der Waals surface area contributed by atoms with E-state index in [4.69, 9.17) is 4.52 Å². The second kappa shape index (κ2) is 8.83. The highest BCUT2D eigenvalue weighted by molar-refractivity contribution is 5.76. The molecule has 0 atom stereocenters. The minimum atomic E-state index is 0.224. The van der Waals surface area contributed by atoms with Gasteiger partial charge in [0.15, 0.2) is 5.82 Å². The van der Waals surface area contributed by atoms with Crippen molar-refractivity contribution in [2.45, 2.75) is 46.0 Å². The number of aromatic nitrogens is 2. The summed E-state index contributed by atoms with van der Waals surface area (Å²) in [5.41, 5.74) is 2.51. The van der Waals surface area contributed by atoms with Crippen LogP contribution in [0.5, 0.6) is 0 Å². The van der Waals surface area contributed by atoms with Crippen LogP contribution in [0.2, 0.25) is 0 Å². The summed E-state index contributed by atoms with van der Waals surface area (Å²) >= 11 is 0. The fourth-order valence-corrected chi connectivity index (χ4v) is 3.30. The van der Waals surface area contributed by atoms with Crippen LogP contribution in [0.1, 0.15) is 43.5 Å². The zero-order valence-electron chi connectivity index (χ0n) is 15.8. The first-order valence-corrected chi connectivity index (χ1v) is 9.56. The summed E-state index contributed by atoms with van der Waals surface area (Å²) in [6.07, 6.45) is 3.81. The van der Waals surface area contributed by atoms with E-state index in [1.54, 1.807) is 0 Å². The summed E-state index contributed by atoms with van der Waals surface area (Å²) in [7, 11) is 0. The van der Waals surface area contributed by atoms with E-state index in [2.05, 4.69) is 53.2 Å². The van der Waals surface area contributed by atoms with E-state index in [-0.39, 0.29) is 5.91 Å². The van der Waals surface area contributed by atoms with Crippen molar-refractivity contribution in [2.75, 3.05) is 31.1 Å². The molecular formula is C20H28N4O2. The Morgan fingerprint density at radius 1 is 1.19 bits per heavy atom. The molecule has 0 spiro atoms. The highest BCUT2D eigenvalue weighted by atomic mass is 16.5. The second-order valence-electron chi connectivity index (χ2n) is 6.91. The van der Waals surface area contributed by atoms with Crippen LogP contribution in [-0.4, -0.2) is 47.1 Å². The summed E-state index contributed by atoms with van der Waals surface area (Å²) in [5, 5.41) is 3.95. The molecule has 0 N–H and O–H groups in total. The molecule has 2 heterocycles. The van der Waals surface area contributed by atoms with Crippen molar-refractivity contribution in [3.05, 3.63) is 41.5 Å². The van der Waals surface area contributed by atoms with Crippen molar-refractivity contribution in [1.29, 1.82) is 0 Å². The van der Waals surface area contributed by atoms with Crippen molar-refractivity contribution in [3.63, 3.8) is 0 Å². The average molecular weight is 356 g/mol. The maximum atomic E-state index is 12.4. The Balaban J connectivity index is 1.40. The number of hydrogen-bond acceptors (Lipinski definition) is 5. The molecule has 2 aromatic rings. The molecule has 0 saturated carbocycles. The number of piperazine rings is 1. The van der Waals surface area contributed by atoms with E-state index >= 15 is 0 Å². The van der Waals surface area contributed by atoms with Crippen LogP contribution in [0.3, 0.4) is 0 Å². The first kappa shape index (κ1) is 18.4. The molecule has 1 amide bonds. The van der Waals surface area contributed by atoms with E-state index in [0.29, 0.717) is 18.7 Å². The lowest BCUT2D eigenvalue weighted by molar-refractivity contribution is -0.131. The minimum absolute atomic E-state index is 0.224. The number of nitrogens with zero attached hydrogens (tertiary/aromatic N) is 4. The lowest BCUT2D eigenvalue weighted by atomic mass is 10.1. The quantitative estimate of drug-likeness (QED) is 0.763. The number of hydrogen-bond donors (Lipinski definition) is 0. The Morgan fingerprint density at radius 2 is 2.00 bits per heavy atom. The largest absolute Gasteiger partial charge is 0.368 e. The number of carbonyl (C=O) groups excluding carboxylic acids is 1. The molecule has 0 unspecified atom stereocenters. The van der Waals surface area contributed by atoms with Crippen LogP contribution in [0, 0.1) is 6.92 Å². The van der Waals surface area contributed by atoms with Crippen LogP contribution >= 0.6 is 0 Å². The van der Waals surface area contributed by atoms with Crippen LogP contribution in [0.15, 0.2) is 28.8 Å². The maximum Gasteiger partial charge on any atom is 0.226 e. The van der Waals surface area contributed by atoms with Gasteiger partial charge in [-0.2, -0.15) is 4.98 Å². The lowest BCUT2D eigenvalue weighted by Crippen LogP contribution is -2.48. The zero-order valence-corrected chi connectivity index (χ0v) is 15.8. The molecule has 6 heteroatoms. The molecule has 1 fully saturated rings. The summed E-state index contributed by atoms with van der Waals surface area (Å²) < 4.78 is 5.22. The third-order valence-corrected chi connectivity index (χ3v) is 4.76. The number of rotatable bonds is 7. The van der Waals surface area contributed by atoms with E-state index < -0.39 is 0 Å². The number of carbonyl (C=O) groups is 1. The molecule has 1 aromatic heterocycles. The molecule has 0 aliphatic carbocycles. The first-order valence-electron chi connectivity index (χ1n) is 9.56. The molecule has 26 heavy (non-hydrogen) atoms. The molecule has 0 bridgehead atoms. The average Bonchev–Trinajstić information content (AvgIpc) is 3.09. The molecule has 6 nitrogen and oxygen atoms in total. The first-order chi connectivity index (χ1) is 12.7. The Morgan fingerprint density at radius 3 is 2.73 bits per heavy atom. The predicted molar refractivity (Wildman–Crippen MR) is 101 cm³/mol. The lowest BCUT2D eigenvalue weighted by Gasteiger charge is -2.36. The minimum Gasteiger partial charge on any atom is -0.368 e. The third kappa shape index (κ3) is 4.84. The van der Waals surface area contributed by atoms with Gasteiger partial charge in [0.1, 0.15) is 0 Å². The highest BCUT2D eigenvalue weighted by Gasteiger charge is 2.21. The van der Waals surface area contributed by atoms with Gasteiger partial charge in [0.2, 0.25) is 11.8 Å². The van der Waals surface area contributed by atoms with E-state index in [0.717, 1.165) is 51.3 Å². The summed E-state index contributed by atoms with van der Waals surface area (Å²) in [4.78, 5) is 21.1. The number of amides is 1. The number of aryl methyl sites for hydroxylation is 3. The van der Waals surface area contributed by atoms with Gasteiger partial charge in [-0.05, 0) is 37.5 Å². The molecule has 0 radical (unpaired) electrons. The fourth-order valence-electron chi connectivity index (χ4n) is 3.30. The van der Waals surface area contributed by atoms with Crippen molar-refractivity contribution >= 4 is 11.6 Å². The fraction of sp³-hybridized carbons (Fsp3) is 0.550. The highest BCUT2D eigenvalue weighted by Crippen LogP contribution is 2.18. The topological polar surface area (TPSA) is 62.5 Å². The molecule has 1 aliphatic heterocycles. The van der Waals surface area contributed by atoms with Gasteiger partial charge in [0.25, 0.3) is 0 Å². The molecule has 1 saturated heterocycles. The molecule has 3 rings (SSSR count). The monoisotopic (exact) mass is 356 g/mol. The van der Waals surface area contributed by atoms with Gasteiger partial charge in [-0.1, -0.05) is 24.2 Å². The van der Waals surface area contributed by atoms with Crippen LogP contribution in [0.4, 0.5) is 5.69 Å². The van der Waals surface area contributed by atoms with Gasteiger partial charge in [0, 0.05) is 51.1 Å². The molecule has 1 aliphatic rings. The Kier molecular flexibility index (Phi) is 6.26. The Hall–Kier alpha value is -2.37. The van der Waals surface area contributed by atoms with E-state index in [1.807, 2.05) is 4.90 Å². The smallest absolute Gasteiger partial charge is 0.226 e. The van der Waals surface area contributed by atoms with Gasteiger partial charge >= 0.3 is 0 Å². The van der Waals surface area contributed by atoms with Gasteiger partial charge in [-0.3, -0.25) is 4.79 Å². The second-order valence-corrected chi connectivity index (χ2v) is 6.91. The normalized spacial score (nSPS) is 14.7. The number of anilines is 1. The van der Waals surface area contributed by atoms with E-state index in [1.165, 1.54) is 11.3 Å². The maximum absolute atomic E-state index is 12.4. The van der Waals surface area contributed by atoms with Crippen LogP contribution < -0.4 is 4.90 Å². The standard InChI is InChI=1S/C20H28N4O2/c1-3-6-18-21-19(26-22-18)9-5-10-20(25)24-13-11-23(12-14-24)17-8-4-7-16(2)15-17/h4,7-8,15H,3,5-6,9-14H2,1-2H3. The summed E-state index contributed by atoms with van der Waals surface area (Å²) in [6, 6.07) is 8.54. The van der Waals surface area contributed by atoms with Crippen LogP contribution in [0.25, 0.3) is 0 Å². The van der Waals surface area contributed by atoms with Crippen molar-refractivity contribution < 1.29 is 9.32 Å². The van der Waals surface area contributed by atoms with Crippen molar-refractivity contribution in [3.8, 4) is 0 Å². The predicted octanol–water partition coefficient (Wildman–Crippen LogP) is 3.00. The Labute approximate surface area is 155 Å². The molecule has 140 valence electrons. The summed E-state index contributed by atoms with van der Waals surface area (Å²) in [6.45, 7) is 7.55. The third-order valence-electron chi connectivity index (χ3n) is 4.76. The van der Waals surface area contributed by atoms with Gasteiger partial charge < -0.3 is 14.3 Å². The van der Waals surface area contributed by atoms with Gasteiger partial charge in [-0.15, -0.1) is 0 Å². The number of benzene rings is 1.